The SMILES string of the molecule is Cc1ccc(F)cc1NC(=O)C(=O)N1C[C@@H]2CN3CCCC[C@@H]3[C@H]2C1. The van der Waals surface area contributed by atoms with Crippen molar-refractivity contribution in [3.63, 3.8) is 0 Å². The molecule has 0 bridgehead atoms. The maximum absolute atomic E-state index is 13.4. The Morgan fingerprint density at radius 2 is 2.04 bits per heavy atom. The van der Waals surface area contributed by atoms with Crippen molar-refractivity contribution in [1.82, 2.24) is 9.80 Å². The fourth-order valence-corrected chi connectivity index (χ4v) is 4.77. The van der Waals surface area contributed by atoms with Gasteiger partial charge in [-0.2, -0.15) is 0 Å². The molecule has 2 amide bonds. The van der Waals surface area contributed by atoms with Gasteiger partial charge in [0, 0.05) is 31.4 Å². The predicted molar refractivity (Wildman–Crippen MR) is 92.5 cm³/mol. The van der Waals surface area contributed by atoms with Crippen LogP contribution in [0.25, 0.3) is 0 Å². The molecule has 0 radical (unpaired) electrons. The standard InChI is InChI=1S/C19H24FN3O2/c1-12-5-6-14(20)8-16(12)21-18(24)19(25)23-10-13-9-22-7-3-2-4-17(22)15(13)11-23/h5-6,8,13,15,17H,2-4,7,9-11H2,1H3,(H,21,24)/t13-,15-,17+/m0/s1. The normalized spacial score (nSPS) is 28.6. The molecule has 3 aliphatic heterocycles. The second-order valence-corrected chi connectivity index (χ2v) is 7.61. The van der Waals surface area contributed by atoms with Gasteiger partial charge in [0.2, 0.25) is 0 Å². The van der Waals surface area contributed by atoms with E-state index in [0.717, 1.165) is 12.1 Å². The van der Waals surface area contributed by atoms with E-state index in [1.54, 1.807) is 17.9 Å². The molecular formula is C19H24FN3O2. The fraction of sp³-hybridized carbons (Fsp3) is 0.579. The maximum atomic E-state index is 13.4. The third-order valence-electron chi connectivity index (χ3n) is 6.05. The van der Waals surface area contributed by atoms with Gasteiger partial charge < -0.3 is 10.2 Å². The second-order valence-electron chi connectivity index (χ2n) is 7.61. The van der Waals surface area contributed by atoms with Crippen LogP contribution in [0.4, 0.5) is 10.1 Å². The summed E-state index contributed by atoms with van der Waals surface area (Å²) in [4.78, 5) is 29.1. The van der Waals surface area contributed by atoms with E-state index in [9.17, 15) is 14.0 Å². The minimum Gasteiger partial charge on any atom is -0.334 e. The van der Waals surface area contributed by atoms with Crippen LogP contribution in [0.5, 0.6) is 0 Å². The van der Waals surface area contributed by atoms with E-state index in [-0.39, 0.29) is 0 Å². The summed E-state index contributed by atoms with van der Waals surface area (Å²) in [5, 5.41) is 2.57. The van der Waals surface area contributed by atoms with Crippen LogP contribution in [0.1, 0.15) is 24.8 Å². The number of rotatable bonds is 1. The summed E-state index contributed by atoms with van der Waals surface area (Å²) in [6, 6.07) is 4.75. The lowest BCUT2D eigenvalue weighted by Crippen LogP contribution is -2.43. The Balaban J connectivity index is 1.40. The zero-order valence-electron chi connectivity index (χ0n) is 14.5. The number of fused-ring (bicyclic) bond motifs is 3. The van der Waals surface area contributed by atoms with Crippen LogP contribution >= 0.6 is 0 Å². The molecule has 1 aromatic rings. The number of amides is 2. The molecule has 0 aliphatic carbocycles. The van der Waals surface area contributed by atoms with Crippen LogP contribution in [-0.4, -0.2) is 53.8 Å². The number of hydrogen-bond donors (Lipinski definition) is 1. The minimum absolute atomic E-state index is 0.358. The molecule has 134 valence electrons. The summed E-state index contributed by atoms with van der Waals surface area (Å²) in [6.07, 6.45) is 3.74. The highest BCUT2D eigenvalue weighted by Crippen LogP contribution is 2.40. The molecule has 1 N–H and O–H groups in total. The Labute approximate surface area is 147 Å². The smallest absolute Gasteiger partial charge is 0.313 e. The summed E-state index contributed by atoms with van der Waals surface area (Å²) in [5.41, 5.74) is 1.09. The molecule has 0 saturated carbocycles. The Hall–Kier alpha value is -1.95. The summed E-state index contributed by atoms with van der Waals surface area (Å²) < 4.78 is 13.4. The Morgan fingerprint density at radius 1 is 1.20 bits per heavy atom. The van der Waals surface area contributed by atoms with Crippen LogP contribution in [0, 0.1) is 24.6 Å². The zero-order chi connectivity index (χ0) is 17.6. The fourth-order valence-electron chi connectivity index (χ4n) is 4.77. The van der Waals surface area contributed by atoms with Gasteiger partial charge >= 0.3 is 11.8 Å². The lowest BCUT2D eigenvalue weighted by molar-refractivity contribution is -0.142. The molecule has 3 fully saturated rings. The van der Waals surface area contributed by atoms with Gasteiger partial charge in [-0.05, 0) is 55.8 Å². The number of anilines is 1. The second kappa shape index (κ2) is 6.41. The maximum Gasteiger partial charge on any atom is 0.313 e. The van der Waals surface area contributed by atoms with Gasteiger partial charge in [0.25, 0.3) is 0 Å². The molecule has 3 saturated heterocycles. The van der Waals surface area contributed by atoms with Crippen molar-refractivity contribution in [3.8, 4) is 0 Å². The van der Waals surface area contributed by atoms with Crippen molar-refractivity contribution in [2.45, 2.75) is 32.2 Å². The molecule has 3 aliphatic rings. The third-order valence-corrected chi connectivity index (χ3v) is 6.05. The number of hydrogen-bond acceptors (Lipinski definition) is 3. The first kappa shape index (κ1) is 16.5. The molecule has 4 rings (SSSR count). The topological polar surface area (TPSA) is 52.7 Å². The van der Waals surface area contributed by atoms with Crippen molar-refractivity contribution in [1.29, 1.82) is 0 Å². The van der Waals surface area contributed by atoms with Crippen LogP contribution < -0.4 is 5.32 Å². The number of halogens is 1. The van der Waals surface area contributed by atoms with Crippen LogP contribution in [-0.2, 0) is 9.59 Å². The van der Waals surface area contributed by atoms with Crippen LogP contribution in [0.2, 0.25) is 0 Å². The van der Waals surface area contributed by atoms with Crippen LogP contribution in [0.3, 0.4) is 0 Å². The number of aryl methyl sites for hydroxylation is 1. The first-order valence-electron chi connectivity index (χ1n) is 9.13. The Kier molecular flexibility index (Phi) is 4.23. The van der Waals surface area contributed by atoms with Gasteiger partial charge in [-0.25, -0.2) is 4.39 Å². The summed E-state index contributed by atoms with van der Waals surface area (Å²) in [5.74, 6) is -0.625. The van der Waals surface area contributed by atoms with E-state index >= 15 is 0 Å². The number of carbonyl (C=O) groups excluding carboxylic acids is 2. The zero-order valence-corrected chi connectivity index (χ0v) is 14.5. The molecule has 1 aromatic carbocycles. The quantitative estimate of drug-likeness (QED) is 0.792. The largest absolute Gasteiger partial charge is 0.334 e. The minimum atomic E-state index is -0.672. The van der Waals surface area contributed by atoms with E-state index in [4.69, 9.17) is 0 Å². The lowest BCUT2D eigenvalue weighted by atomic mass is 9.90. The number of piperidine rings is 1. The van der Waals surface area contributed by atoms with E-state index in [1.807, 2.05) is 0 Å². The number of likely N-dealkylation sites (tertiary alicyclic amines) is 1. The third kappa shape index (κ3) is 3.03. The molecule has 0 spiro atoms. The van der Waals surface area contributed by atoms with E-state index < -0.39 is 17.6 Å². The molecule has 0 aromatic heterocycles. The van der Waals surface area contributed by atoms with Crippen molar-refractivity contribution in [2.75, 3.05) is 31.5 Å². The van der Waals surface area contributed by atoms with Crippen molar-refractivity contribution in [2.24, 2.45) is 11.8 Å². The van der Waals surface area contributed by atoms with Gasteiger partial charge in [0.15, 0.2) is 0 Å². The van der Waals surface area contributed by atoms with Crippen molar-refractivity contribution >= 4 is 17.5 Å². The van der Waals surface area contributed by atoms with Gasteiger partial charge in [-0.15, -0.1) is 0 Å². The predicted octanol–water partition coefficient (Wildman–Crippen LogP) is 2.02. The summed E-state index contributed by atoms with van der Waals surface area (Å²) >= 11 is 0. The highest BCUT2D eigenvalue weighted by Gasteiger charge is 2.48. The van der Waals surface area contributed by atoms with Gasteiger partial charge in [0.1, 0.15) is 5.82 Å². The average molecular weight is 345 g/mol. The van der Waals surface area contributed by atoms with Gasteiger partial charge in [-0.3, -0.25) is 14.5 Å². The van der Waals surface area contributed by atoms with E-state index in [1.165, 1.54) is 37.9 Å². The van der Waals surface area contributed by atoms with Crippen LogP contribution in [0.15, 0.2) is 18.2 Å². The lowest BCUT2D eigenvalue weighted by Gasteiger charge is -2.33. The number of nitrogens with one attached hydrogen (secondary N) is 1. The summed E-state index contributed by atoms with van der Waals surface area (Å²) in [7, 11) is 0. The highest BCUT2D eigenvalue weighted by molar-refractivity contribution is 6.39. The summed E-state index contributed by atoms with van der Waals surface area (Å²) in [6.45, 7) is 5.32. The van der Waals surface area contributed by atoms with E-state index in [0.29, 0.717) is 36.7 Å². The van der Waals surface area contributed by atoms with Gasteiger partial charge in [-0.1, -0.05) is 12.5 Å². The Bertz CT molecular complexity index is 708. The van der Waals surface area contributed by atoms with E-state index in [2.05, 4.69) is 10.2 Å². The monoisotopic (exact) mass is 345 g/mol. The first-order valence-corrected chi connectivity index (χ1v) is 9.13. The van der Waals surface area contributed by atoms with Gasteiger partial charge in [0.05, 0.1) is 0 Å². The number of nitrogens with zero attached hydrogens (tertiary/aromatic N) is 2. The molecule has 6 heteroatoms. The van der Waals surface area contributed by atoms with Crippen molar-refractivity contribution < 1.29 is 14.0 Å². The molecule has 5 nitrogen and oxygen atoms in total. The van der Waals surface area contributed by atoms with Crippen molar-refractivity contribution in [3.05, 3.63) is 29.6 Å². The molecule has 0 unspecified atom stereocenters. The highest BCUT2D eigenvalue weighted by atomic mass is 19.1. The molecular weight excluding hydrogens is 321 g/mol. The average Bonchev–Trinajstić information content (AvgIpc) is 3.15. The molecule has 3 atom stereocenters. The first-order chi connectivity index (χ1) is 12.0. The number of carbonyl (C=O) groups is 2. The Morgan fingerprint density at radius 3 is 2.88 bits per heavy atom. The number of benzene rings is 1. The molecule has 25 heavy (non-hydrogen) atoms. The molecule has 3 heterocycles.